The van der Waals surface area contributed by atoms with Crippen LogP contribution in [0.15, 0.2) is 30.3 Å². The molecule has 0 unspecified atom stereocenters. The number of halogens is 6. The smallest absolute Gasteiger partial charge is 0.369 e. The van der Waals surface area contributed by atoms with Crippen molar-refractivity contribution >= 4 is 0 Å². The van der Waals surface area contributed by atoms with E-state index in [4.69, 9.17) is 5.11 Å². The Hall–Kier alpha value is -1.24. The summed E-state index contributed by atoms with van der Waals surface area (Å²) in [6, 6.07) is 4.36. The summed E-state index contributed by atoms with van der Waals surface area (Å²) in [6.07, 6.45) is -11.7. The first-order valence-corrected chi connectivity index (χ1v) is 6.02. The Morgan fingerprint density at radius 2 is 1.00 bits per heavy atom. The van der Waals surface area contributed by atoms with E-state index in [1.807, 2.05) is 27.7 Å². The summed E-state index contributed by atoms with van der Waals surface area (Å²) in [5.41, 5.74) is -6.09. The summed E-state index contributed by atoms with van der Waals surface area (Å²) in [4.78, 5) is 0. The van der Waals surface area contributed by atoms with Crippen LogP contribution in [0.25, 0.3) is 0 Å². The molecule has 118 valence electrons. The molecule has 1 aromatic rings. The van der Waals surface area contributed by atoms with Gasteiger partial charge in [-0.15, -0.1) is 0 Å². The molecule has 0 spiro atoms. The van der Waals surface area contributed by atoms with Crippen molar-refractivity contribution in [2.24, 2.45) is 0 Å². The first kappa shape index (κ1) is 21.1. The molecule has 0 bridgehead atoms. The van der Waals surface area contributed by atoms with E-state index in [1.165, 1.54) is 6.07 Å². The summed E-state index contributed by atoms with van der Waals surface area (Å²) < 4.78 is 73.9. The number of rotatable bonds is 1. The molecular formula is C13H18F6O. The zero-order valence-electron chi connectivity index (χ0n) is 11.6. The molecular weight excluding hydrogens is 286 g/mol. The fraction of sp³-hybridized carbons (Fsp3) is 0.538. The van der Waals surface area contributed by atoms with E-state index in [9.17, 15) is 26.3 Å². The van der Waals surface area contributed by atoms with Crippen LogP contribution in [-0.4, -0.2) is 17.5 Å². The lowest BCUT2D eigenvalue weighted by molar-refractivity contribution is -0.376. The Labute approximate surface area is 114 Å². The molecule has 1 N–H and O–H groups in total. The average Bonchev–Trinajstić information content (AvgIpc) is 2.41. The number of alkyl halides is 6. The average molecular weight is 304 g/mol. The molecule has 1 nitrogen and oxygen atoms in total. The minimum atomic E-state index is -5.83. The standard InChI is InChI=1S/C9H6F6O.2C2H6/c10-8(11,12)7(16,9(13,14)15)6-4-2-1-3-5-6;2*1-2/h1-5,16H;2*1-2H3. The van der Waals surface area contributed by atoms with Gasteiger partial charge in [0.2, 0.25) is 0 Å². The van der Waals surface area contributed by atoms with Crippen molar-refractivity contribution in [2.75, 3.05) is 0 Å². The van der Waals surface area contributed by atoms with Gasteiger partial charge in [-0.2, -0.15) is 26.3 Å². The quantitative estimate of drug-likeness (QED) is 0.720. The van der Waals surface area contributed by atoms with Crippen LogP contribution < -0.4 is 0 Å². The predicted octanol–water partition coefficient (Wildman–Crippen LogP) is 5.05. The summed E-state index contributed by atoms with van der Waals surface area (Å²) in [5.74, 6) is 0. The van der Waals surface area contributed by atoms with Crippen molar-refractivity contribution in [1.82, 2.24) is 0 Å². The second-order valence-corrected chi connectivity index (χ2v) is 3.07. The van der Waals surface area contributed by atoms with Gasteiger partial charge < -0.3 is 5.11 Å². The number of benzene rings is 1. The molecule has 0 aliphatic rings. The van der Waals surface area contributed by atoms with Crippen molar-refractivity contribution < 1.29 is 31.4 Å². The molecule has 20 heavy (non-hydrogen) atoms. The van der Waals surface area contributed by atoms with Crippen LogP contribution in [0, 0.1) is 0 Å². The van der Waals surface area contributed by atoms with Gasteiger partial charge in [0.15, 0.2) is 0 Å². The van der Waals surface area contributed by atoms with Crippen molar-refractivity contribution in [3.05, 3.63) is 35.9 Å². The summed E-state index contributed by atoms with van der Waals surface area (Å²) >= 11 is 0. The maximum atomic E-state index is 12.3. The van der Waals surface area contributed by atoms with Crippen LogP contribution in [0.1, 0.15) is 33.3 Å². The molecule has 0 aromatic heterocycles. The molecule has 0 amide bonds. The topological polar surface area (TPSA) is 20.2 Å². The second-order valence-electron chi connectivity index (χ2n) is 3.07. The largest absolute Gasteiger partial charge is 0.430 e. The van der Waals surface area contributed by atoms with Gasteiger partial charge in [0.05, 0.1) is 0 Å². The lowest BCUT2D eigenvalue weighted by atomic mass is 9.92. The Balaban J connectivity index is 0. The molecule has 7 heteroatoms. The second kappa shape index (κ2) is 8.14. The van der Waals surface area contributed by atoms with E-state index < -0.39 is 23.5 Å². The minimum Gasteiger partial charge on any atom is -0.369 e. The molecule has 0 aliphatic heterocycles. The lowest BCUT2D eigenvalue weighted by Crippen LogP contribution is -2.53. The monoisotopic (exact) mass is 304 g/mol. The third-order valence-corrected chi connectivity index (χ3v) is 2.01. The first-order valence-electron chi connectivity index (χ1n) is 6.02. The van der Waals surface area contributed by atoms with Gasteiger partial charge in [-0.05, 0) is 0 Å². The first-order chi connectivity index (χ1) is 9.11. The minimum absolute atomic E-state index is 0.570. The summed E-state index contributed by atoms with van der Waals surface area (Å²) in [5, 5.41) is 8.91. The fourth-order valence-electron chi connectivity index (χ4n) is 1.17. The predicted molar refractivity (Wildman–Crippen MR) is 65.1 cm³/mol. The molecule has 0 saturated carbocycles. The number of hydrogen-bond donors (Lipinski definition) is 1. The normalized spacial score (nSPS) is 11.8. The van der Waals surface area contributed by atoms with Crippen molar-refractivity contribution in [1.29, 1.82) is 0 Å². The van der Waals surface area contributed by atoms with Crippen LogP contribution in [0.3, 0.4) is 0 Å². The van der Waals surface area contributed by atoms with Gasteiger partial charge in [0, 0.05) is 5.56 Å². The van der Waals surface area contributed by atoms with Crippen LogP contribution >= 0.6 is 0 Å². The van der Waals surface area contributed by atoms with Gasteiger partial charge in [0.1, 0.15) is 0 Å². The molecule has 1 aromatic carbocycles. The highest BCUT2D eigenvalue weighted by Gasteiger charge is 2.71. The molecule has 0 saturated heterocycles. The highest BCUT2D eigenvalue weighted by molar-refractivity contribution is 5.26. The van der Waals surface area contributed by atoms with E-state index in [0.717, 1.165) is 12.1 Å². The number of aliphatic hydroxyl groups is 1. The van der Waals surface area contributed by atoms with E-state index in [0.29, 0.717) is 12.1 Å². The van der Waals surface area contributed by atoms with Crippen LogP contribution in [0.4, 0.5) is 26.3 Å². The van der Waals surface area contributed by atoms with Gasteiger partial charge in [-0.25, -0.2) is 0 Å². The van der Waals surface area contributed by atoms with E-state index in [2.05, 4.69) is 0 Å². The zero-order valence-corrected chi connectivity index (χ0v) is 11.6. The van der Waals surface area contributed by atoms with E-state index >= 15 is 0 Å². The van der Waals surface area contributed by atoms with E-state index in [1.54, 1.807) is 0 Å². The lowest BCUT2D eigenvalue weighted by Gasteiger charge is -2.32. The Morgan fingerprint density at radius 3 is 1.25 bits per heavy atom. The zero-order chi connectivity index (χ0) is 16.6. The third kappa shape index (κ3) is 4.40. The van der Waals surface area contributed by atoms with Crippen LogP contribution in [-0.2, 0) is 5.60 Å². The third-order valence-electron chi connectivity index (χ3n) is 2.01. The molecule has 0 aliphatic carbocycles. The fourth-order valence-corrected chi connectivity index (χ4v) is 1.17. The molecule has 1 rings (SSSR count). The highest BCUT2D eigenvalue weighted by atomic mass is 19.4. The highest BCUT2D eigenvalue weighted by Crippen LogP contribution is 2.49. The maximum Gasteiger partial charge on any atom is 0.430 e. The van der Waals surface area contributed by atoms with Crippen molar-refractivity contribution in [3.63, 3.8) is 0 Å². The van der Waals surface area contributed by atoms with Gasteiger partial charge in [-0.3, -0.25) is 0 Å². The molecule has 0 radical (unpaired) electrons. The van der Waals surface area contributed by atoms with E-state index in [-0.39, 0.29) is 0 Å². The van der Waals surface area contributed by atoms with Crippen LogP contribution in [0.5, 0.6) is 0 Å². The van der Waals surface area contributed by atoms with Gasteiger partial charge >= 0.3 is 12.4 Å². The molecule has 0 heterocycles. The Morgan fingerprint density at radius 1 is 0.700 bits per heavy atom. The van der Waals surface area contributed by atoms with Gasteiger partial charge in [0.25, 0.3) is 5.60 Å². The van der Waals surface area contributed by atoms with Crippen molar-refractivity contribution in [2.45, 2.75) is 45.6 Å². The molecule has 0 atom stereocenters. The van der Waals surface area contributed by atoms with Crippen molar-refractivity contribution in [3.8, 4) is 0 Å². The van der Waals surface area contributed by atoms with Crippen LogP contribution in [0.2, 0.25) is 0 Å². The SMILES string of the molecule is CC.CC.OC(c1ccccc1)(C(F)(F)F)C(F)(F)F. The Bertz CT molecular complexity index is 341. The number of hydrogen-bond acceptors (Lipinski definition) is 1. The summed E-state index contributed by atoms with van der Waals surface area (Å²) in [6.45, 7) is 8.00. The Kier molecular flexibility index (Phi) is 8.57. The van der Waals surface area contributed by atoms with Gasteiger partial charge in [-0.1, -0.05) is 58.0 Å². The maximum absolute atomic E-state index is 12.3. The summed E-state index contributed by atoms with van der Waals surface area (Å²) in [7, 11) is 0. The molecule has 0 fully saturated rings.